The van der Waals surface area contributed by atoms with E-state index in [2.05, 4.69) is 46.6 Å². The Morgan fingerprint density at radius 2 is 1.45 bits per heavy atom. The lowest BCUT2D eigenvalue weighted by molar-refractivity contribution is 1.29. The molecular weight excluding hydrogens is 292 g/mol. The van der Waals surface area contributed by atoms with Crippen molar-refractivity contribution in [3.8, 4) is 0 Å². The lowest BCUT2D eigenvalue weighted by atomic mass is 10.1. The van der Waals surface area contributed by atoms with E-state index >= 15 is 0 Å². The van der Waals surface area contributed by atoms with Gasteiger partial charge in [-0.3, -0.25) is 9.97 Å². The van der Waals surface area contributed by atoms with Gasteiger partial charge in [-0.15, -0.1) is 0 Å². The summed E-state index contributed by atoms with van der Waals surface area (Å²) in [7, 11) is 0. The van der Waals surface area contributed by atoms with Gasteiger partial charge in [0.1, 0.15) is 0 Å². The topological polar surface area (TPSA) is 49.8 Å². The van der Waals surface area contributed by atoms with Crippen LogP contribution in [0.1, 0.15) is 11.1 Å². The minimum Gasteiger partial charge on any atom is -0.332 e. The molecule has 1 aromatic heterocycles. The monoisotopic (exact) mass is 308 g/mol. The van der Waals surface area contributed by atoms with Gasteiger partial charge < -0.3 is 10.6 Å². The fourth-order valence-corrected chi connectivity index (χ4v) is 2.39. The molecule has 0 spiro atoms. The quantitative estimate of drug-likeness (QED) is 0.699. The minimum atomic E-state index is 0.548. The van der Waals surface area contributed by atoms with Crippen molar-refractivity contribution >= 4 is 39.7 Å². The van der Waals surface area contributed by atoms with Gasteiger partial charge >= 0.3 is 0 Å². The van der Waals surface area contributed by atoms with Crippen molar-refractivity contribution in [2.45, 2.75) is 13.8 Å². The highest BCUT2D eigenvalue weighted by Crippen LogP contribution is 2.17. The molecule has 0 amide bonds. The second-order valence-electron chi connectivity index (χ2n) is 5.14. The van der Waals surface area contributed by atoms with Gasteiger partial charge in [0.15, 0.2) is 5.11 Å². The first kappa shape index (κ1) is 14.4. The number of nitrogens with one attached hydrogen (secondary N) is 2. The van der Waals surface area contributed by atoms with Crippen molar-refractivity contribution in [1.82, 2.24) is 9.97 Å². The zero-order chi connectivity index (χ0) is 15.5. The molecule has 0 unspecified atom stereocenters. The highest BCUT2D eigenvalue weighted by Gasteiger charge is 2.02. The normalized spacial score (nSPS) is 10.5. The average Bonchev–Trinajstić information content (AvgIpc) is 2.51. The molecule has 3 rings (SSSR count). The van der Waals surface area contributed by atoms with Crippen molar-refractivity contribution in [2.75, 3.05) is 10.6 Å². The molecule has 0 bridgehead atoms. The Hall–Kier alpha value is -2.53. The number of rotatable bonds is 2. The van der Waals surface area contributed by atoms with Crippen LogP contribution < -0.4 is 10.6 Å². The molecule has 110 valence electrons. The third-order valence-electron chi connectivity index (χ3n) is 3.49. The van der Waals surface area contributed by atoms with Gasteiger partial charge in [0.05, 0.1) is 11.0 Å². The first-order valence-corrected chi connectivity index (χ1v) is 7.39. The van der Waals surface area contributed by atoms with E-state index < -0.39 is 0 Å². The third-order valence-corrected chi connectivity index (χ3v) is 3.70. The van der Waals surface area contributed by atoms with E-state index in [1.165, 1.54) is 11.1 Å². The minimum absolute atomic E-state index is 0.548. The fraction of sp³-hybridized carbons (Fsp3) is 0.118. The molecule has 0 atom stereocenters. The van der Waals surface area contributed by atoms with Crippen LogP contribution >= 0.6 is 12.2 Å². The first-order valence-electron chi connectivity index (χ1n) is 6.98. The van der Waals surface area contributed by atoms with E-state index in [1.54, 1.807) is 12.4 Å². The Morgan fingerprint density at radius 1 is 0.818 bits per heavy atom. The summed E-state index contributed by atoms with van der Waals surface area (Å²) in [5, 5.41) is 6.91. The van der Waals surface area contributed by atoms with E-state index in [9.17, 15) is 0 Å². The van der Waals surface area contributed by atoms with E-state index in [-0.39, 0.29) is 0 Å². The molecular formula is C17H16N4S. The maximum absolute atomic E-state index is 5.36. The van der Waals surface area contributed by atoms with Gasteiger partial charge in [-0.05, 0) is 67.5 Å². The molecule has 0 fully saturated rings. The Morgan fingerprint density at radius 3 is 2.18 bits per heavy atom. The summed E-state index contributed by atoms with van der Waals surface area (Å²) in [5.74, 6) is 0. The van der Waals surface area contributed by atoms with Crippen LogP contribution in [0.5, 0.6) is 0 Å². The lowest BCUT2D eigenvalue weighted by Gasteiger charge is -2.12. The Balaban J connectivity index is 1.73. The third kappa shape index (κ3) is 3.20. The van der Waals surface area contributed by atoms with E-state index in [1.807, 2.05) is 24.3 Å². The second-order valence-corrected chi connectivity index (χ2v) is 5.55. The van der Waals surface area contributed by atoms with Crippen molar-refractivity contribution in [2.24, 2.45) is 0 Å². The van der Waals surface area contributed by atoms with Crippen molar-refractivity contribution in [1.29, 1.82) is 0 Å². The van der Waals surface area contributed by atoms with Crippen molar-refractivity contribution < 1.29 is 0 Å². The van der Waals surface area contributed by atoms with Crippen LogP contribution in [0.15, 0.2) is 48.8 Å². The molecule has 0 saturated carbocycles. The predicted octanol–water partition coefficient (Wildman–Crippen LogP) is 4.06. The first-order chi connectivity index (χ1) is 10.6. The number of aromatic nitrogens is 2. The predicted molar refractivity (Wildman–Crippen MR) is 95.3 cm³/mol. The number of anilines is 2. The number of fused-ring (bicyclic) bond motifs is 1. The largest absolute Gasteiger partial charge is 0.332 e. The maximum Gasteiger partial charge on any atom is 0.175 e. The lowest BCUT2D eigenvalue weighted by Crippen LogP contribution is -2.19. The smallest absolute Gasteiger partial charge is 0.175 e. The van der Waals surface area contributed by atoms with Crippen molar-refractivity contribution in [3.05, 3.63) is 59.9 Å². The molecule has 1 heterocycles. The standard InChI is InChI=1S/C17H16N4S/c1-11-3-4-13(9-12(11)2)20-17(22)21-14-5-6-15-16(10-14)19-8-7-18-15/h3-10H,1-2H3,(H2,20,21,22). The van der Waals surface area contributed by atoms with Crippen LogP contribution in [0.3, 0.4) is 0 Å². The van der Waals surface area contributed by atoms with Gasteiger partial charge in [0, 0.05) is 23.8 Å². The Bertz CT molecular complexity index is 845. The molecule has 2 N–H and O–H groups in total. The number of aryl methyl sites for hydroxylation is 2. The number of nitrogens with zero attached hydrogens (tertiary/aromatic N) is 2. The molecule has 3 aromatic rings. The Labute approximate surface area is 134 Å². The number of hydrogen-bond acceptors (Lipinski definition) is 3. The second kappa shape index (κ2) is 6.07. The molecule has 0 aliphatic rings. The van der Waals surface area contributed by atoms with Crippen LogP contribution in [0.4, 0.5) is 11.4 Å². The highest BCUT2D eigenvalue weighted by molar-refractivity contribution is 7.80. The summed E-state index contributed by atoms with van der Waals surface area (Å²) in [6.07, 6.45) is 3.36. The van der Waals surface area contributed by atoms with Gasteiger partial charge in [0.25, 0.3) is 0 Å². The maximum atomic E-state index is 5.36. The summed E-state index contributed by atoms with van der Waals surface area (Å²) >= 11 is 5.36. The number of hydrogen-bond donors (Lipinski definition) is 2. The van der Waals surface area contributed by atoms with E-state index in [0.29, 0.717) is 5.11 Å². The summed E-state index contributed by atoms with van der Waals surface area (Å²) in [4.78, 5) is 8.54. The zero-order valence-electron chi connectivity index (χ0n) is 12.4. The fourth-order valence-electron chi connectivity index (χ4n) is 2.15. The molecule has 4 nitrogen and oxygen atoms in total. The summed E-state index contributed by atoms with van der Waals surface area (Å²) in [6, 6.07) is 12.0. The highest BCUT2D eigenvalue weighted by atomic mass is 32.1. The van der Waals surface area contributed by atoms with Crippen LogP contribution in [-0.2, 0) is 0 Å². The van der Waals surface area contributed by atoms with E-state index in [0.717, 1.165) is 22.4 Å². The Kier molecular flexibility index (Phi) is 3.98. The molecule has 0 aliphatic carbocycles. The molecule has 0 aliphatic heterocycles. The van der Waals surface area contributed by atoms with E-state index in [4.69, 9.17) is 12.2 Å². The molecule has 22 heavy (non-hydrogen) atoms. The van der Waals surface area contributed by atoms with Crippen molar-refractivity contribution in [3.63, 3.8) is 0 Å². The molecule has 0 radical (unpaired) electrons. The summed E-state index contributed by atoms with van der Waals surface area (Å²) in [5.41, 5.74) is 6.05. The van der Waals surface area contributed by atoms with Crippen LogP contribution in [-0.4, -0.2) is 15.1 Å². The number of benzene rings is 2. The van der Waals surface area contributed by atoms with Gasteiger partial charge in [-0.2, -0.15) is 0 Å². The average molecular weight is 308 g/mol. The summed E-state index contributed by atoms with van der Waals surface area (Å²) in [6.45, 7) is 4.17. The zero-order valence-corrected chi connectivity index (χ0v) is 13.2. The van der Waals surface area contributed by atoms with Crippen LogP contribution in [0, 0.1) is 13.8 Å². The molecule has 0 saturated heterocycles. The number of thiocarbonyl (C=S) groups is 1. The van der Waals surface area contributed by atoms with Gasteiger partial charge in [-0.1, -0.05) is 6.07 Å². The van der Waals surface area contributed by atoms with Gasteiger partial charge in [-0.25, -0.2) is 0 Å². The molecule has 5 heteroatoms. The summed E-state index contributed by atoms with van der Waals surface area (Å²) < 4.78 is 0. The SMILES string of the molecule is Cc1ccc(NC(=S)Nc2ccc3nccnc3c2)cc1C. The van der Waals surface area contributed by atoms with Crippen LogP contribution in [0.2, 0.25) is 0 Å². The molecule has 2 aromatic carbocycles. The van der Waals surface area contributed by atoms with Gasteiger partial charge in [0.2, 0.25) is 0 Å². The van der Waals surface area contributed by atoms with Crippen LogP contribution in [0.25, 0.3) is 11.0 Å².